The molecule has 20 heavy (non-hydrogen) atoms. The van der Waals surface area contributed by atoms with Gasteiger partial charge in [0.15, 0.2) is 0 Å². The second kappa shape index (κ2) is 6.53. The van der Waals surface area contributed by atoms with Crippen LogP contribution in [-0.2, 0) is 4.79 Å². The Labute approximate surface area is 120 Å². The third-order valence-electron chi connectivity index (χ3n) is 4.10. The molecule has 1 aromatic rings. The van der Waals surface area contributed by atoms with Gasteiger partial charge in [-0.1, -0.05) is 19.3 Å². The molecule has 2 atom stereocenters. The van der Waals surface area contributed by atoms with Crippen LogP contribution in [0.2, 0.25) is 0 Å². The van der Waals surface area contributed by atoms with Crippen molar-refractivity contribution in [3.63, 3.8) is 0 Å². The topological polar surface area (TPSA) is 70.1 Å². The SMILES string of the molecule is CN(C(=O)C1CCCCCC1N)c1ccc(C#N)cc1. The van der Waals surface area contributed by atoms with Crippen LogP contribution in [0.5, 0.6) is 0 Å². The van der Waals surface area contributed by atoms with Gasteiger partial charge in [0.25, 0.3) is 0 Å². The maximum Gasteiger partial charge on any atom is 0.231 e. The predicted molar refractivity (Wildman–Crippen MR) is 79.1 cm³/mol. The second-order valence-corrected chi connectivity index (χ2v) is 5.46. The van der Waals surface area contributed by atoms with Crippen molar-refractivity contribution < 1.29 is 4.79 Å². The highest BCUT2D eigenvalue weighted by molar-refractivity contribution is 5.95. The molecule has 4 heteroatoms. The smallest absolute Gasteiger partial charge is 0.231 e. The monoisotopic (exact) mass is 271 g/mol. The summed E-state index contributed by atoms with van der Waals surface area (Å²) < 4.78 is 0. The number of hydrogen-bond donors (Lipinski definition) is 1. The minimum absolute atomic E-state index is 0.0363. The van der Waals surface area contributed by atoms with Crippen molar-refractivity contribution in [2.75, 3.05) is 11.9 Å². The Morgan fingerprint density at radius 2 is 1.90 bits per heavy atom. The molecular weight excluding hydrogens is 250 g/mol. The maximum atomic E-state index is 12.6. The summed E-state index contributed by atoms with van der Waals surface area (Å²) in [5.74, 6) is 0.00208. The maximum absolute atomic E-state index is 12.6. The quantitative estimate of drug-likeness (QED) is 0.840. The van der Waals surface area contributed by atoms with Gasteiger partial charge >= 0.3 is 0 Å². The van der Waals surface area contributed by atoms with E-state index in [9.17, 15) is 4.79 Å². The summed E-state index contributed by atoms with van der Waals surface area (Å²) >= 11 is 0. The summed E-state index contributed by atoms with van der Waals surface area (Å²) in [5.41, 5.74) is 7.56. The molecule has 2 rings (SSSR count). The van der Waals surface area contributed by atoms with Crippen LogP contribution in [0.25, 0.3) is 0 Å². The molecule has 0 saturated heterocycles. The Hall–Kier alpha value is -1.86. The Kier molecular flexibility index (Phi) is 4.75. The minimum atomic E-state index is -0.0851. The third-order valence-corrected chi connectivity index (χ3v) is 4.10. The Morgan fingerprint density at radius 3 is 2.55 bits per heavy atom. The highest BCUT2D eigenvalue weighted by atomic mass is 16.2. The highest BCUT2D eigenvalue weighted by Gasteiger charge is 2.29. The van der Waals surface area contributed by atoms with Crippen LogP contribution < -0.4 is 10.6 Å². The first kappa shape index (κ1) is 14.5. The zero-order valence-corrected chi connectivity index (χ0v) is 11.9. The van der Waals surface area contributed by atoms with Crippen LogP contribution in [-0.4, -0.2) is 19.0 Å². The van der Waals surface area contributed by atoms with Gasteiger partial charge in [0.1, 0.15) is 0 Å². The number of rotatable bonds is 2. The molecule has 106 valence electrons. The van der Waals surface area contributed by atoms with E-state index in [1.807, 2.05) is 0 Å². The molecule has 1 saturated carbocycles. The first-order chi connectivity index (χ1) is 9.63. The molecule has 2 unspecified atom stereocenters. The highest BCUT2D eigenvalue weighted by Crippen LogP contribution is 2.25. The molecule has 1 aliphatic rings. The summed E-state index contributed by atoms with van der Waals surface area (Å²) in [5, 5.41) is 8.80. The molecule has 1 aliphatic carbocycles. The average molecular weight is 271 g/mol. The van der Waals surface area contributed by atoms with Crippen LogP contribution in [0, 0.1) is 17.2 Å². The Balaban J connectivity index is 2.12. The van der Waals surface area contributed by atoms with E-state index in [-0.39, 0.29) is 17.9 Å². The molecule has 4 nitrogen and oxygen atoms in total. The minimum Gasteiger partial charge on any atom is -0.327 e. The number of hydrogen-bond acceptors (Lipinski definition) is 3. The first-order valence-electron chi connectivity index (χ1n) is 7.17. The van der Waals surface area contributed by atoms with Crippen molar-refractivity contribution in [3.8, 4) is 6.07 Å². The first-order valence-corrected chi connectivity index (χ1v) is 7.17. The van der Waals surface area contributed by atoms with Crippen LogP contribution in [0.4, 0.5) is 5.69 Å². The lowest BCUT2D eigenvalue weighted by atomic mass is 9.94. The van der Waals surface area contributed by atoms with Crippen molar-refractivity contribution in [1.29, 1.82) is 5.26 Å². The summed E-state index contributed by atoms with van der Waals surface area (Å²) in [7, 11) is 1.78. The van der Waals surface area contributed by atoms with Crippen LogP contribution in [0.15, 0.2) is 24.3 Å². The number of nitrogens with zero attached hydrogens (tertiary/aromatic N) is 2. The number of nitriles is 1. The number of amides is 1. The van der Waals surface area contributed by atoms with E-state index in [0.717, 1.165) is 37.8 Å². The zero-order chi connectivity index (χ0) is 14.5. The number of carbonyl (C=O) groups excluding carboxylic acids is 1. The summed E-state index contributed by atoms with van der Waals surface area (Å²) in [6.07, 6.45) is 5.16. The predicted octanol–water partition coefficient (Wildman–Crippen LogP) is 2.43. The molecule has 0 heterocycles. The summed E-state index contributed by atoms with van der Waals surface area (Å²) in [6.45, 7) is 0. The number of carbonyl (C=O) groups is 1. The molecule has 1 amide bonds. The second-order valence-electron chi connectivity index (χ2n) is 5.46. The van der Waals surface area contributed by atoms with E-state index < -0.39 is 0 Å². The van der Waals surface area contributed by atoms with E-state index in [0.29, 0.717) is 5.56 Å². The van der Waals surface area contributed by atoms with Crippen LogP contribution in [0.1, 0.15) is 37.7 Å². The summed E-state index contributed by atoms with van der Waals surface area (Å²) in [6, 6.07) is 9.11. The van der Waals surface area contributed by atoms with E-state index in [4.69, 9.17) is 11.0 Å². The molecule has 0 spiro atoms. The fourth-order valence-corrected chi connectivity index (χ4v) is 2.78. The molecule has 1 fully saturated rings. The van der Waals surface area contributed by atoms with Crippen molar-refractivity contribution in [2.24, 2.45) is 11.7 Å². The lowest BCUT2D eigenvalue weighted by Crippen LogP contribution is -2.42. The van der Waals surface area contributed by atoms with Gasteiger partial charge in [0, 0.05) is 18.8 Å². The van der Waals surface area contributed by atoms with E-state index in [1.165, 1.54) is 0 Å². The Bertz CT molecular complexity index is 503. The molecule has 2 N–H and O–H groups in total. The number of benzene rings is 1. The van der Waals surface area contributed by atoms with Crippen LogP contribution in [0.3, 0.4) is 0 Å². The lowest BCUT2D eigenvalue weighted by Gasteiger charge is -2.26. The largest absolute Gasteiger partial charge is 0.327 e. The third kappa shape index (κ3) is 3.17. The average Bonchev–Trinajstić information content (AvgIpc) is 2.70. The molecule has 1 aromatic carbocycles. The van der Waals surface area contributed by atoms with Crippen molar-refractivity contribution in [3.05, 3.63) is 29.8 Å². The fraction of sp³-hybridized carbons (Fsp3) is 0.500. The number of anilines is 1. The molecular formula is C16H21N3O. The summed E-state index contributed by atoms with van der Waals surface area (Å²) in [4.78, 5) is 14.3. The van der Waals surface area contributed by atoms with Gasteiger partial charge in [-0.25, -0.2) is 0 Å². The molecule has 0 aromatic heterocycles. The van der Waals surface area contributed by atoms with Gasteiger partial charge < -0.3 is 10.6 Å². The van der Waals surface area contributed by atoms with Gasteiger partial charge in [0.2, 0.25) is 5.91 Å². The van der Waals surface area contributed by atoms with E-state index in [2.05, 4.69) is 6.07 Å². The zero-order valence-electron chi connectivity index (χ0n) is 11.9. The van der Waals surface area contributed by atoms with Gasteiger partial charge in [-0.3, -0.25) is 4.79 Å². The fourth-order valence-electron chi connectivity index (χ4n) is 2.78. The molecule has 0 radical (unpaired) electrons. The lowest BCUT2D eigenvalue weighted by molar-refractivity contribution is -0.122. The standard InChI is InChI=1S/C16H21N3O/c1-19(13-9-7-12(11-17)8-10-13)16(20)14-5-3-2-4-6-15(14)18/h7-10,14-15H,2-6,18H2,1H3. The Morgan fingerprint density at radius 1 is 1.25 bits per heavy atom. The normalized spacial score (nSPS) is 22.6. The van der Waals surface area contributed by atoms with Crippen molar-refractivity contribution in [2.45, 2.75) is 38.1 Å². The van der Waals surface area contributed by atoms with E-state index >= 15 is 0 Å². The van der Waals surface area contributed by atoms with E-state index in [1.54, 1.807) is 36.2 Å². The van der Waals surface area contributed by atoms with Crippen molar-refractivity contribution >= 4 is 11.6 Å². The van der Waals surface area contributed by atoms with Gasteiger partial charge in [-0.2, -0.15) is 5.26 Å². The molecule has 0 bridgehead atoms. The number of nitrogens with two attached hydrogens (primary N) is 1. The van der Waals surface area contributed by atoms with Crippen molar-refractivity contribution in [1.82, 2.24) is 0 Å². The van der Waals surface area contributed by atoms with Gasteiger partial charge in [-0.05, 0) is 37.1 Å². The van der Waals surface area contributed by atoms with Gasteiger partial charge in [-0.15, -0.1) is 0 Å². The van der Waals surface area contributed by atoms with Crippen LogP contribution >= 0.6 is 0 Å². The molecule has 0 aliphatic heterocycles. The van der Waals surface area contributed by atoms with Gasteiger partial charge in [0.05, 0.1) is 17.6 Å².